The minimum Gasteiger partial charge on any atom is -0.383 e. The summed E-state index contributed by atoms with van der Waals surface area (Å²) in [6.45, 7) is 3.53. The van der Waals surface area contributed by atoms with Crippen LogP contribution in [0.5, 0.6) is 0 Å². The van der Waals surface area contributed by atoms with E-state index in [-0.39, 0.29) is 5.43 Å². The average Bonchev–Trinajstić information content (AvgIpc) is 2.50. The molecule has 0 amide bonds. The van der Waals surface area contributed by atoms with E-state index in [0.717, 1.165) is 17.7 Å². The zero-order valence-electron chi connectivity index (χ0n) is 11.9. The Hall–Kier alpha value is -2.62. The van der Waals surface area contributed by atoms with E-state index < -0.39 is 0 Å². The Morgan fingerprint density at radius 1 is 1.14 bits per heavy atom. The number of hydrogen-bond donors (Lipinski definition) is 1. The second kappa shape index (κ2) is 5.79. The molecule has 2 aromatic carbocycles. The average molecular weight is 279 g/mol. The zero-order valence-corrected chi connectivity index (χ0v) is 11.9. The first-order valence-corrected chi connectivity index (χ1v) is 6.99. The Labute approximate surface area is 123 Å². The van der Waals surface area contributed by atoms with E-state index in [1.807, 2.05) is 41.1 Å². The fourth-order valence-corrected chi connectivity index (χ4v) is 2.40. The van der Waals surface area contributed by atoms with Crippen molar-refractivity contribution in [3.8, 4) is 0 Å². The van der Waals surface area contributed by atoms with Crippen molar-refractivity contribution in [3.05, 3.63) is 70.5 Å². The van der Waals surface area contributed by atoms with Crippen LogP contribution in [0.4, 0.5) is 5.69 Å². The number of benzene rings is 2. The molecule has 4 heteroatoms. The van der Waals surface area contributed by atoms with Crippen molar-refractivity contribution in [2.75, 3.05) is 11.9 Å². The van der Waals surface area contributed by atoms with Crippen LogP contribution >= 0.6 is 0 Å². The van der Waals surface area contributed by atoms with Gasteiger partial charge in [0.1, 0.15) is 0 Å². The highest BCUT2D eigenvalue weighted by Crippen LogP contribution is 2.10. The third-order valence-corrected chi connectivity index (χ3v) is 3.43. The van der Waals surface area contributed by atoms with Crippen LogP contribution in [0.3, 0.4) is 0 Å². The SMILES string of the molecule is Cc1cccc(NCCn2ncc(=O)c3ccccc32)c1. The molecule has 1 heterocycles. The molecule has 0 aliphatic carbocycles. The second-order valence-electron chi connectivity index (χ2n) is 5.05. The lowest BCUT2D eigenvalue weighted by Gasteiger charge is -2.11. The van der Waals surface area contributed by atoms with Gasteiger partial charge in [-0.3, -0.25) is 9.48 Å². The Kier molecular flexibility index (Phi) is 3.69. The molecule has 3 rings (SSSR count). The number of hydrogen-bond acceptors (Lipinski definition) is 3. The van der Waals surface area contributed by atoms with Gasteiger partial charge in [0.25, 0.3) is 0 Å². The van der Waals surface area contributed by atoms with Crippen LogP contribution in [0.15, 0.2) is 59.5 Å². The summed E-state index contributed by atoms with van der Waals surface area (Å²) in [5, 5.41) is 8.30. The van der Waals surface area contributed by atoms with Gasteiger partial charge in [-0.25, -0.2) is 0 Å². The molecule has 0 saturated heterocycles. The van der Waals surface area contributed by atoms with E-state index in [1.54, 1.807) is 0 Å². The van der Waals surface area contributed by atoms with Crippen molar-refractivity contribution in [1.82, 2.24) is 9.78 Å². The van der Waals surface area contributed by atoms with Gasteiger partial charge in [-0.05, 0) is 36.8 Å². The molecule has 3 aromatic rings. The third kappa shape index (κ3) is 2.94. The number of fused-ring (bicyclic) bond motifs is 1. The van der Waals surface area contributed by atoms with Crippen LogP contribution in [0, 0.1) is 6.92 Å². The molecule has 0 saturated carbocycles. The first-order valence-electron chi connectivity index (χ1n) is 6.99. The van der Waals surface area contributed by atoms with Crippen LogP contribution in [0.1, 0.15) is 5.56 Å². The smallest absolute Gasteiger partial charge is 0.207 e. The number of nitrogens with one attached hydrogen (secondary N) is 1. The minimum atomic E-state index is -0.0338. The van der Waals surface area contributed by atoms with Crippen molar-refractivity contribution in [3.63, 3.8) is 0 Å². The van der Waals surface area contributed by atoms with Gasteiger partial charge in [-0.15, -0.1) is 0 Å². The molecule has 21 heavy (non-hydrogen) atoms. The predicted octanol–water partition coefficient (Wildman–Crippen LogP) is 2.82. The lowest BCUT2D eigenvalue weighted by molar-refractivity contribution is 0.646. The highest BCUT2D eigenvalue weighted by atomic mass is 16.1. The quantitative estimate of drug-likeness (QED) is 0.799. The van der Waals surface area contributed by atoms with Gasteiger partial charge < -0.3 is 5.32 Å². The summed E-state index contributed by atoms with van der Waals surface area (Å²) in [7, 11) is 0. The van der Waals surface area contributed by atoms with Gasteiger partial charge in [0.2, 0.25) is 5.43 Å². The molecule has 0 atom stereocenters. The molecule has 0 bridgehead atoms. The summed E-state index contributed by atoms with van der Waals surface area (Å²) in [6, 6.07) is 15.8. The van der Waals surface area contributed by atoms with Crippen molar-refractivity contribution < 1.29 is 0 Å². The van der Waals surface area contributed by atoms with Gasteiger partial charge in [-0.2, -0.15) is 5.10 Å². The highest BCUT2D eigenvalue weighted by molar-refractivity contribution is 5.77. The molecule has 106 valence electrons. The second-order valence-corrected chi connectivity index (χ2v) is 5.05. The molecule has 0 aliphatic heterocycles. The summed E-state index contributed by atoms with van der Waals surface area (Å²) >= 11 is 0. The fraction of sp³-hybridized carbons (Fsp3) is 0.176. The lowest BCUT2D eigenvalue weighted by Crippen LogP contribution is -2.17. The normalized spacial score (nSPS) is 10.7. The highest BCUT2D eigenvalue weighted by Gasteiger charge is 2.02. The lowest BCUT2D eigenvalue weighted by atomic mass is 10.2. The van der Waals surface area contributed by atoms with Gasteiger partial charge in [0.15, 0.2) is 0 Å². The molecule has 4 nitrogen and oxygen atoms in total. The molecule has 0 aliphatic rings. The topological polar surface area (TPSA) is 46.9 Å². The summed E-state index contributed by atoms with van der Waals surface area (Å²) in [5.74, 6) is 0. The Bertz CT molecular complexity index is 823. The van der Waals surface area contributed by atoms with Gasteiger partial charge in [0, 0.05) is 17.6 Å². The first-order chi connectivity index (χ1) is 10.2. The van der Waals surface area contributed by atoms with Crippen molar-refractivity contribution in [1.29, 1.82) is 0 Å². The van der Waals surface area contributed by atoms with E-state index >= 15 is 0 Å². The van der Waals surface area contributed by atoms with Crippen LogP contribution in [-0.4, -0.2) is 16.3 Å². The number of aryl methyl sites for hydroxylation is 1. The molecule has 1 N–H and O–H groups in total. The van der Waals surface area contributed by atoms with E-state index in [0.29, 0.717) is 11.9 Å². The molecule has 0 unspecified atom stereocenters. The van der Waals surface area contributed by atoms with Crippen molar-refractivity contribution in [2.45, 2.75) is 13.5 Å². The van der Waals surface area contributed by atoms with Crippen molar-refractivity contribution >= 4 is 16.6 Å². The summed E-state index contributed by atoms with van der Waals surface area (Å²) in [4.78, 5) is 11.8. The minimum absolute atomic E-state index is 0.0338. The number of para-hydroxylation sites is 1. The number of nitrogens with zero attached hydrogens (tertiary/aromatic N) is 2. The Morgan fingerprint density at radius 3 is 2.86 bits per heavy atom. The summed E-state index contributed by atoms with van der Waals surface area (Å²) in [5.41, 5.74) is 3.16. The molecule has 0 fully saturated rings. The van der Waals surface area contributed by atoms with E-state index in [2.05, 4.69) is 29.5 Å². The van der Waals surface area contributed by atoms with Gasteiger partial charge in [0.05, 0.1) is 18.3 Å². The molecule has 0 radical (unpaired) electrons. The monoisotopic (exact) mass is 279 g/mol. The molecule has 1 aromatic heterocycles. The standard InChI is InChI=1S/C17H17N3O/c1-13-5-4-6-14(11-13)18-9-10-20-16-8-3-2-7-15(16)17(21)12-19-20/h2-8,11-12,18H,9-10H2,1H3. The van der Waals surface area contributed by atoms with Crippen LogP contribution in [0.25, 0.3) is 10.9 Å². The predicted molar refractivity (Wildman–Crippen MR) is 85.7 cm³/mol. The van der Waals surface area contributed by atoms with Crippen LogP contribution in [0.2, 0.25) is 0 Å². The molecule has 0 spiro atoms. The van der Waals surface area contributed by atoms with E-state index in [9.17, 15) is 4.79 Å². The summed E-state index contributed by atoms with van der Waals surface area (Å²) in [6.07, 6.45) is 1.38. The molecular formula is C17H17N3O. The van der Waals surface area contributed by atoms with Gasteiger partial charge >= 0.3 is 0 Å². The van der Waals surface area contributed by atoms with E-state index in [4.69, 9.17) is 0 Å². The fourth-order valence-electron chi connectivity index (χ4n) is 2.40. The van der Waals surface area contributed by atoms with Crippen molar-refractivity contribution in [2.24, 2.45) is 0 Å². The van der Waals surface area contributed by atoms with Crippen LogP contribution < -0.4 is 10.7 Å². The maximum Gasteiger partial charge on any atom is 0.207 e. The maximum atomic E-state index is 11.8. The van der Waals surface area contributed by atoms with Crippen LogP contribution in [-0.2, 0) is 6.54 Å². The molecular weight excluding hydrogens is 262 g/mol. The summed E-state index contributed by atoms with van der Waals surface area (Å²) < 4.78 is 1.86. The number of rotatable bonds is 4. The first kappa shape index (κ1) is 13.4. The van der Waals surface area contributed by atoms with Gasteiger partial charge in [-0.1, -0.05) is 24.3 Å². The number of aromatic nitrogens is 2. The third-order valence-electron chi connectivity index (χ3n) is 3.43. The zero-order chi connectivity index (χ0) is 14.7. The largest absolute Gasteiger partial charge is 0.383 e. The Balaban J connectivity index is 1.77. The van der Waals surface area contributed by atoms with E-state index in [1.165, 1.54) is 11.8 Å². The number of anilines is 1. The maximum absolute atomic E-state index is 11.8. The Morgan fingerprint density at radius 2 is 2.00 bits per heavy atom.